The minimum absolute atomic E-state index is 0.212. The van der Waals surface area contributed by atoms with Crippen molar-refractivity contribution in [2.24, 2.45) is 5.73 Å². The number of imidazole rings is 1. The van der Waals surface area contributed by atoms with Crippen molar-refractivity contribution in [1.29, 1.82) is 0 Å². The Hall–Kier alpha value is -2.38. The van der Waals surface area contributed by atoms with Crippen molar-refractivity contribution in [3.63, 3.8) is 0 Å². The molecule has 3 aromatic rings. The number of nitrogens with zero attached hydrogens (tertiary/aromatic N) is 2. The van der Waals surface area contributed by atoms with Crippen LogP contribution in [0.15, 0.2) is 41.0 Å². The number of benzene rings is 1. The highest BCUT2D eigenvalue weighted by Gasteiger charge is 2.24. The number of aliphatic hydroxyl groups excluding tert-OH is 1. The number of ether oxygens (including phenoxy) is 1. The van der Waals surface area contributed by atoms with E-state index in [1.54, 1.807) is 16.7 Å². The zero-order chi connectivity index (χ0) is 19.1. The zero-order valence-corrected chi connectivity index (χ0v) is 16.4. The number of pyridine rings is 1. The van der Waals surface area contributed by atoms with E-state index in [1.165, 1.54) is 0 Å². The summed E-state index contributed by atoms with van der Waals surface area (Å²) in [6.07, 6.45) is 0.735. The minimum Gasteiger partial charge on any atom is -0.409 e. The fraction of sp³-hybridized carbons (Fsp3) is 0.263. The van der Waals surface area contributed by atoms with E-state index in [-0.39, 0.29) is 12.0 Å². The first-order valence-electron chi connectivity index (χ1n) is 8.10. The van der Waals surface area contributed by atoms with Crippen molar-refractivity contribution in [2.45, 2.75) is 32.8 Å². The molecule has 3 rings (SSSR count). The molecule has 7 heteroatoms. The third-order valence-electron chi connectivity index (χ3n) is 4.09. The summed E-state index contributed by atoms with van der Waals surface area (Å²) in [5.74, 6) is 0.310. The molecular weight excluding hydrogens is 398 g/mol. The van der Waals surface area contributed by atoms with Gasteiger partial charge in [0, 0.05) is 15.6 Å². The first-order valence-corrected chi connectivity index (χ1v) is 8.89. The maximum atomic E-state index is 11.2. The van der Waals surface area contributed by atoms with E-state index in [1.807, 2.05) is 45.0 Å². The molecule has 0 saturated carbocycles. The largest absolute Gasteiger partial charge is 0.410 e. The van der Waals surface area contributed by atoms with Gasteiger partial charge in [-0.1, -0.05) is 48.8 Å². The predicted octanol–water partition coefficient (Wildman–Crippen LogP) is 4.01. The van der Waals surface area contributed by atoms with Crippen molar-refractivity contribution in [1.82, 2.24) is 9.38 Å². The van der Waals surface area contributed by atoms with Gasteiger partial charge in [-0.25, -0.2) is 9.78 Å². The molecule has 0 spiro atoms. The van der Waals surface area contributed by atoms with Crippen LogP contribution in [0.25, 0.3) is 16.9 Å². The number of aromatic nitrogens is 2. The molecule has 136 valence electrons. The van der Waals surface area contributed by atoms with Crippen LogP contribution in [-0.4, -0.2) is 20.6 Å². The summed E-state index contributed by atoms with van der Waals surface area (Å²) in [5.41, 5.74) is 8.68. The van der Waals surface area contributed by atoms with Crippen LogP contribution in [0.5, 0.6) is 5.75 Å². The Morgan fingerprint density at radius 1 is 1.31 bits per heavy atom. The first kappa shape index (κ1) is 18.4. The molecule has 0 bridgehead atoms. The summed E-state index contributed by atoms with van der Waals surface area (Å²) in [6, 6.07) is 9.48. The minimum atomic E-state index is -0.886. The van der Waals surface area contributed by atoms with Gasteiger partial charge in [-0.3, -0.25) is 4.40 Å². The molecule has 0 saturated heterocycles. The SMILES string of the molecule is CC(C)(C)c1cc(OC(N)=O)cn2c(CO)c(-c3ccc(Br)cc3)nc12. The van der Waals surface area contributed by atoms with Crippen molar-refractivity contribution in [2.75, 3.05) is 0 Å². The molecule has 3 N–H and O–H groups in total. The van der Waals surface area contributed by atoms with Crippen molar-refractivity contribution < 1.29 is 14.6 Å². The normalized spacial score (nSPS) is 11.7. The van der Waals surface area contributed by atoms with E-state index >= 15 is 0 Å². The average Bonchev–Trinajstić information content (AvgIpc) is 2.91. The molecule has 0 aliphatic heterocycles. The maximum Gasteiger partial charge on any atom is 0.410 e. The first-order chi connectivity index (χ1) is 12.2. The van der Waals surface area contributed by atoms with Gasteiger partial charge in [0.05, 0.1) is 24.2 Å². The molecule has 0 aliphatic carbocycles. The topological polar surface area (TPSA) is 89.9 Å². The van der Waals surface area contributed by atoms with Gasteiger partial charge in [-0.2, -0.15) is 0 Å². The Balaban J connectivity index is 2.32. The van der Waals surface area contributed by atoms with E-state index in [4.69, 9.17) is 15.5 Å². The van der Waals surface area contributed by atoms with E-state index in [0.717, 1.165) is 15.6 Å². The lowest BCUT2D eigenvalue weighted by Gasteiger charge is -2.20. The van der Waals surface area contributed by atoms with Crippen molar-refractivity contribution in [3.8, 4) is 17.0 Å². The molecule has 0 atom stereocenters. The lowest BCUT2D eigenvalue weighted by Crippen LogP contribution is -2.18. The number of hydrogen-bond donors (Lipinski definition) is 2. The lowest BCUT2D eigenvalue weighted by atomic mass is 9.87. The molecule has 1 aromatic carbocycles. The number of nitrogens with two attached hydrogens (primary N) is 1. The molecule has 0 unspecified atom stereocenters. The summed E-state index contributed by atoms with van der Waals surface area (Å²) in [4.78, 5) is 16.0. The summed E-state index contributed by atoms with van der Waals surface area (Å²) in [7, 11) is 0. The number of aliphatic hydroxyl groups is 1. The molecule has 26 heavy (non-hydrogen) atoms. The van der Waals surface area contributed by atoms with E-state index < -0.39 is 6.09 Å². The third kappa shape index (κ3) is 3.45. The van der Waals surface area contributed by atoms with Gasteiger partial charge in [0.25, 0.3) is 0 Å². The summed E-state index contributed by atoms with van der Waals surface area (Å²) < 4.78 is 7.81. The fourth-order valence-electron chi connectivity index (χ4n) is 2.88. The molecular formula is C19H20BrN3O3. The van der Waals surface area contributed by atoms with Crippen molar-refractivity contribution >= 4 is 27.7 Å². The Labute approximate surface area is 159 Å². The summed E-state index contributed by atoms with van der Waals surface area (Å²) in [5, 5.41) is 9.99. The second-order valence-corrected chi connectivity index (χ2v) is 7.94. The molecule has 0 aliphatic rings. The van der Waals surface area contributed by atoms with Crippen LogP contribution in [-0.2, 0) is 12.0 Å². The predicted molar refractivity (Wildman–Crippen MR) is 103 cm³/mol. The Bertz CT molecular complexity index is 972. The highest BCUT2D eigenvalue weighted by atomic mass is 79.9. The Morgan fingerprint density at radius 3 is 2.50 bits per heavy atom. The van der Waals surface area contributed by atoms with Gasteiger partial charge in [0.1, 0.15) is 11.4 Å². The van der Waals surface area contributed by atoms with Crippen LogP contribution in [0.4, 0.5) is 4.79 Å². The van der Waals surface area contributed by atoms with E-state index in [0.29, 0.717) is 22.8 Å². The fourth-order valence-corrected chi connectivity index (χ4v) is 3.14. The van der Waals surface area contributed by atoms with Crippen LogP contribution in [0, 0.1) is 0 Å². The quantitative estimate of drug-likeness (QED) is 0.673. The zero-order valence-electron chi connectivity index (χ0n) is 14.8. The summed E-state index contributed by atoms with van der Waals surface area (Å²) in [6.45, 7) is 5.92. The number of amides is 1. The number of carbonyl (C=O) groups excluding carboxylic acids is 1. The Kier molecular flexibility index (Phi) is 4.77. The van der Waals surface area contributed by atoms with Crippen LogP contribution >= 0.6 is 15.9 Å². The maximum absolute atomic E-state index is 11.2. The van der Waals surface area contributed by atoms with Crippen LogP contribution in [0.3, 0.4) is 0 Å². The molecule has 2 aromatic heterocycles. The van der Waals surface area contributed by atoms with Gasteiger partial charge in [-0.15, -0.1) is 0 Å². The second-order valence-electron chi connectivity index (χ2n) is 7.03. The second kappa shape index (κ2) is 6.74. The number of hydrogen-bond acceptors (Lipinski definition) is 4. The number of rotatable bonds is 3. The Morgan fingerprint density at radius 2 is 1.96 bits per heavy atom. The van der Waals surface area contributed by atoms with Crippen LogP contribution in [0.2, 0.25) is 0 Å². The number of primary amides is 1. The highest BCUT2D eigenvalue weighted by Crippen LogP contribution is 2.34. The molecule has 0 radical (unpaired) electrons. The molecule has 6 nitrogen and oxygen atoms in total. The van der Waals surface area contributed by atoms with Crippen LogP contribution < -0.4 is 10.5 Å². The monoisotopic (exact) mass is 417 g/mol. The van der Waals surface area contributed by atoms with Gasteiger partial charge in [0.2, 0.25) is 0 Å². The number of carbonyl (C=O) groups is 1. The van der Waals surface area contributed by atoms with Gasteiger partial charge in [0.15, 0.2) is 0 Å². The lowest BCUT2D eigenvalue weighted by molar-refractivity contribution is 0.210. The molecule has 0 fully saturated rings. The third-order valence-corrected chi connectivity index (χ3v) is 4.62. The molecule has 1 amide bonds. The standard InChI is InChI=1S/C19H20BrN3O3/c1-19(2,3)14-8-13(26-18(21)25)9-23-15(10-24)16(22-17(14)23)11-4-6-12(20)7-5-11/h4-9,24H,10H2,1-3H3,(H2,21,25). The molecule has 2 heterocycles. The van der Waals surface area contributed by atoms with Gasteiger partial charge < -0.3 is 15.6 Å². The highest BCUT2D eigenvalue weighted by molar-refractivity contribution is 9.10. The van der Waals surface area contributed by atoms with E-state index in [9.17, 15) is 9.90 Å². The van der Waals surface area contributed by atoms with Gasteiger partial charge >= 0.3 is 6.09 Å². The summed E-state index contributed by atoms with van der Waals surface area (Å²) >= 11 is 3.42. The van der Waals surface area contributed by atoms with E-state index in [2.05, 4.69) is 15.9 Å². The van der Waals surface area contributed by atoms with Crippen LogP contribution in [0.1, 0.15) is 32.0 Å². The average molecular weight is 418 g/mol. The number of halogens is 1. The smallest absolute Gasteiger partial charge is 0.409 e. The van der Waals surface area contributed by atoms with Gasteiger partial charge in [-0.05, 0) is 23.6 Å². The number of fused-ring (bicyclic) bond motifs is 1. The van der Waals surface area contributed by atoms with Crippen molar-refractivity contribution in [3.05, 3.63) is 52.3 Å².